The van der Waals surface area contributed by atoms with E-state index in [1.54, 1.807) is 0 Å². The molecule has 0 radical (unpaired) electrons. The van der Waals surface area contributed by atoms with Gasteiger partial charge in [0.2, 0.25) is 0 Å². The van der Waals surface area contributed by atoms with Gasteiger partial charge < -0.3 is 14.6 Å². The van der Waals surface area contributed by atoms with Crippen LogP contribution in [0.2, 0.25) is 0 Å². The van der Waals surface area contributed by atoms with Gasteiger partial charge in [0.15, 0.2) is 5.79 Å². The molecule has 1 fully saturated rings. The summed E-state index contributed by atoms with van der Waals surface area (Å²) in [6.45, 7) is 7.70. The van der Waals surface area contributed by atoms with E-state index in [4.69, 9.17) is 9.47 Å². The quantitative estimate of drug-likeness (QED) is 0.709. The summed E-state index contributed by atoms with van der Waals surface area (Å²) in [6.07, 6.45) is 7.99. The van der Waals surface area contributed by atoms with Crippen molar-refractivity contribution in [1.29, 1.82) is 0 Å². The number of hydrogen-bond donors (Lipinski definition) is 1. The third kappa shape index (κ3) is 5.80. The summed E-state index contributed by atoms with van der Waals surface area (Å²) in [5.74, 6) is -0.420. The first-order valence-electron chi connectivity index (χ1n) is 6.76. The molecule has 0 atom stereocenters. The first kappa shape index (κ1) is 15.4. The van der Waals surface area contributed by atoms with Gasteiger partial charge >= 0.3 is 0 Å². The van der Waals surface area contributed by atoms with E-state index in [0.717, 1.165) is 31.3 Å². The lowest BCUT2D eigenvalue weighted by Gasteiger charge is -2.21. The van der Waals surface area contributed by atoms with Crippen LogP contribution >= 0.6 is 0 Å². The Balaban J connectivity index is 2.31. The fourth-order valence-electron chi connectivity index (χ4n) is 2.03. The molecule has 0 aromatic carbocycles. The van der Waals surface area contributed by atoms with Crippen LogP contribution in [0.3, 0.4) is 0 Å². The highest BCUT2D eigenvalue weighted by Gasteiger charge is 2.29. The maximum Gasteiger partial charge on any atom is 0.166 e. The average Bonchev–Trinajstić information content (AvgIpc) is 2.74. The summed E-state index contributed by atoms with van der Waals surface area (Å²) in [4.78, 5) is 0. The molecule has 3 nitrogen and oxygen atoms in total. The molecule has 1 saturated heterocycles. The van der Waals surface area contributed by atoms with Gasteiger partial charge in [-0.25, -0.2) is 0 Å². The summed E-state index contributed by atoms with van der Waals surface area (Å²) in [5, 5.41) is 9.30. The van der Waals surface area contributed by atoms with Crippen molar-refractivity contribution in [2.24, 2.45) is 0 Å². The molecule has 1 heterocycles. The molecule has 3 heteroatoms. The Morgan fingerprint density at radius 3 is 2.39 bits per heavy atom. The van der Waals surface area contributed by atoms with E-state index in [9.17, 15) is 5.11 Å². The smallest absolute Gasteiger partial charge is 0.166 e. The Morgan fingerprint density at radius 2 is 1.83 bits per heavy atom. The Hall–Kier alpha value is -0.640. The standard InChI is InChI=1S/C15H26O3/c1-13(2)6-4-7-14(12-16)8-5-9-15(3)17-10-11-18-15/h6,8,16H,4-5,7,9-12H2,1-3H3/b14-8-. The van der Waals surface area contributed by atoms with Crippen molar-refractivity contribution in [3.63, 3.8) is 0 Å². The molecule has 0 aromatic heterocycles. The summed E-state index contributed by atoms with van der Waals surface area (Å²) in [7, 11) is 0. The molecule has 0 unspecified atom stereocenters. The molecule has 0 bridgehead atoms. The predicted molar refractivity (Wildman–Crippen MR) is 73.4 cm³/mol. The molecule has 0 spiro atoms. The number of aliphatic hydroxyl groups is 1. The van der Waals surface area contributed by atoms with E-state index in [-0.39, 0.29) is 6.61 Å². The van der Waals surface area contributed by atoms with Gasteiger partial charge in [-0.3, -0.25) is 0 Å². The lowest BCUT2D eigenvalue weighted by molar-refractivity contribution is -0.145. The van der Waals surface area contributed by atoms with E-state index in [1.807, 2.05) is 6.92 Å². The Bertz CT molecular complexity index is 295. The van der Waals surface area contributed by atoms with Gasteiger partial charge in [0.05, 0.1) is 19.8 Å². The number of rotatable bonds is 7. The Labute approximate surface area is 110 Å². The highest BCUT2D eigenvalue weighted by Crippen LogP contribution is 2.24. The van der Waals surface area contributed by atoms with Crippen LogP contribution in [0.5, 0.6) is 0 Å². The van der Waals surface area contributed by atoms with Crippen molar-refractivity contribution in [3.8, 4) is 0 Å². The molecular formula is C15H26O3. The first-order valence-corrected chi connectivity index (χ1v) is 6.76. The lowest BCUT2D eigenvalue weighted by Crippen LogP contribution is -2.24. The van der Waals surface area contributed by atoms with Gasteiger partial charge in [-0.2, -0.15) is 0 Å². The summed E-state index contributed by atoms with van der Waals surface area (Å²) in [6, 6.07) is 0. The van der Waals surface area contributed by atoms with Crippen molar-refractivity contribution >= 4 is 0 Å². The van der Waals surface area contributed by atoms with Crippen molar-refractivity contribution in [2.75, 3.05) is 19.8 Å². The van der Waals surface area contributed by atoms with Gasteiger partial charge in [0.1, 0.15) is 0 Å². The van der Waals surface area contributed by atoms with Crippen molar-refractivity contribution in [3.05, 3.63) is 23.3 Å². The summed E-state index contributed by atoms with van der Waals surface area (Å²) >= 11 is 0. The molecular weight excluding hydrogens is 228 g/mol. The second-order valence-electron chi connectivity index (χ2n) is 5.21. The minimum Gasteiger partial charge on any atom is -0.392 e. The van der Waals surface area contributed by atoms with Gasteiger partial charge in [-0.1, -0.05) is 17.7 Å². The van der Waals surface area contributed by atoms with E-state index in [1.165, 1.54) is 5.57 Å². The zero-order valence-electron chi connectivity index (χ0n) is 11.9. The molecule has 1 N–H and O–H groups in total. The SMILES string of the molecule is CC(C)=CCC/C(=C/CCC1(C)OCCO1)CO. The van der Waals surface area contributed by atoms with Crippen LogP contribution in [-0.2, 0) is 9.47 Å². The van der Waals surface area contributed by atoms with Crippen LogP contribution < -0.4 is 0 Å². The number of allylic oxidation sites excluding steroid dienone is 3. The maximum absolute atomic E-state index is 9.30. The molecule has 18 heavy (non-hydrogen) atoms. The maximum atomic E-state index is 9.30. The second kappa shape index (κ2) is 7.72. The lowest BCUT2D eigenvalue weighted by atomic mass is 10.1. The van der Waals surface area contributed by atoms with Crippen molar-refractivity contribution < 1.29 is 14.6 Å². The van der Waals surface area contributed by atoms with Crippen LogP contribution in [0.25, 0.3) is 0 Å². The third-order valence-electron chi connectivity index (χ3n) is 3.15. The highest BCUT2D eigenvalue weighted by molar-refractivity contribution is 5.05. The minimum atomic E-state index is -0.420. The minimum absolute atomic E-state index is 0.148. The van der Waals surface area contributed by atoms with Crippen molar-refractivity contribution in [1.82, 2.24) is 0 Å². The molecule has 0 amide bonds. The number of hydrogen-bond acceptors (Lipinski definition) is 3. The van der Waals surface area contributed by atoms with Crippen LogP contribution in [0, 0.1) is 0 Å². The third-order valence-corrected chi connectivity index (χ3v) is 3.15. The molecule has 0 aliphatic carbocycles. The predicted octanol–water partition coefficient (Wildman–Crippen LogP) is 3.19. The van der Waals surface area contributed by atoms with Gasteiger partial charge in [0.25, 0.3) is 0 Å². The normalized spacial score (nSPS) is 19.0. The van der Waals surface area contributed by atoms with Gasteiger partial charge in [-0.05, 0) is 45.6 Å². The average molecular weight is 254 g/mol. The topological polar surface area (TPSA) is 38.7 Å². The number of ether oxygens (including phenoxy) is 2. The fourth-order valence-corrected chi connectivity index (χ4v) is 2.03. The summed E-state index contributed by atoms with van der Waals surface area (Å²) in [5.41, 5.74) is 2.43. The van der Waals surface area contributed by atoms with Crippen LogP contribution in [0.1, 0.15) is 46.5 Å². The van der Waals surface area contributed by atoms with Gasteiger partial charge in [0, 0.05) is 6.42 Å². The molecule has 0 saturated carbocycles. The van der Waals surface area contributed by atoms with E-state index in [0.29, 0.717) is 13.2 Å². The first-order chi connectivity index (χ1) is 8.56. The van der Waals surface area contributed by atoms with E-state index < -0.39 is 5.79 Å². The molecule has 1 rings (SSSR count). The highest BCUT2D eigenvalue weighted by atomic mass is 16.7. The van der Waals surface area contributed by atoms with E-state index >= 15 is 0 Å². The van der Waals surface area contributed by atoms with E-state index in [2.05, 4.69) is 26.0 Å². The van der Waals surface area contributed by atoms with Crippen LogP contribution in [0.4, 0.5) is 0 Å². The molecule has 0 aromatic rings. The monoisotopic (exact) mass is 254 g/mol. The largest absolute Gasteiger partial charge is 0.392 e. The molecule has 1 aliphatic heterocycles. The molecule has 1 aliphatic rings. The van der Waals surface area contributed by atoms with Crippen molar-refractivity contribution in [2.45, 2.75) is 52.2 Å². The number of aliphatic hydroxyl groups excluding tert-OH is 1. The van der Waals surface area contributed by atoms with Crippen LogP contribution in [0.15, 0.2) is 23.3 Å². The van der Waals surface area contributed by atoms with Crippen LogP contribution in [-0.4, -0.2) is 30.7 Å². The Kier molecular flexibility index (Phi) is 6.61. The zero-order chi connectivity index (χ0) is 13.4. The Morgan fingerprint density at radius 1 is 1.17 bits per heavy atom. The second-order valence-corrected chi connectivity index (χ2v) is 5.21. The van der Waals surface area contributed by atoms with Gasteiger partial charge in [-0.15, -0.1) is 0 Å². The summed E-state index contributed by atoms with van der Waals surface area (Å²) < 4.78 is 11.1. The molecule has 104 valence electrons. The zero-order valence-corrected chi connectivity index (χ0v) is 11.9. The fraction of sp³-hybridized carbons (Fsp3) is 0.733.